The molecule has 1 heterocycles. The number of carbonyl (C=O) groups excluding carboxylic acids is 5. The number of hydrogen-bond donors (Lipinski definition) is 1. The van der Waals surface area contributed by atoms with Gasteiger partial charge in [-0.25, -0.2) is 4.79 Å². The van der Waals surface area contributed by atoms with Crippen LogP contribution in [0.4, 0.5) is 4.79 Å². The highest BCUT2D eigenvalue weighted by Crippen LogP contribution is 2.20. The smallest absolute Gasteiger partial charge is 0.408 e. The Bertz CT molecular complexity index is 1100. The predicted octanol–water partition coefficient (Wildman–Crippen LogP) is 2.71. The van der Waals surface area contributed by atoms with Crippen LogP contribution in [0.15, 0.2) is 30.8 Å². The summed E-state index contributed by atoms with van der Waals surface area (Å²) in [6.45, 7) is 13.7. The van der Waals surface area contributed by atoms with E-state index in [4.69, 9.17) is 14.2 Å². The number of alkyl carbamates (subject to hydrolysis) is 1. The van der Waals surface area contributed by atoms with Gasteiger partial charge in [0.05, 0.1) is 13.5 Å². The van der Waals surface area contributed by atoms with Gasteiger partial charge in [0.2, 0.25) is 11.8 Å². The topological polar surface area (TPSA) is 132 Å². The maximum atomic E-state index is 13.9. The van der Waals surface area contributed by atoms with Gasteiger partial charge in [0, 0.05) is 19.5 Å². The van der Waals surface area contributed by atoms with Gasteiger partial charge in [-0.15, -0.1) is 0 Å². The van der Waals surface area contributed by atoms with E-state index in [0.29, 0.717) is 0 Å². The molecule has 3 amide bonds. The lowest BCUT2D eigenvalue weighted by molar-refractivity contribution is -0.164. The minimum atomic E-state index is -1.23. The van der Waals surface area contributed by atoms with E-state index >= 15 is 0 Å². The van der Waals surface area contributed by atoms with Crippen molar-refractivity contribution in [3.63, 3.8) is 0 Å². The van der Waals surface area contributed by atoms with Crippen molar-refractivity contribution in [3.05, 3.63) is 42.0 Å². The third-order valence-electron chi connectivity index (χ3n) is 5.84. The number of nitrogens with one attached hydrogen (secondary N) is 1. The largest absolute Gasteiger partial charge is 0.469 e. The molecule has 1 N–H and O–H groups in total. The Labute approximate surface area is 235 Å². The molecule has 1 aliphatic heterocycles. The molecule has 0 radical (unpaired) electrons. The third kappa shape index (κ3) is 10.0. The molecule has 2 rings (SSSR count). The molecule has 1 unspecified atom stereocenters. The molecule has 2 atom stereocenters. The monoisotopic (exact) mass is 559 g/mol. The average Bonchev–Trinajstić information content (AvgIpc) is 2.83. The Morgan fingerprint density at radius 1 is 1.00 bits per heavy atom. The summed E-state index contributed by atoms with van der Waals surface area (Å²) in [5, 5.41) is 2.63. The first-order valence-electron chi connectivity index (χ1n) is 13.1. The summed E-state index contributed by atoms with van der Waals surface area (Å²) in [6, 6.07) is 4.94. The van der Waals surface area contributed by atoms with Gasteiger partial charge in [0.1, 0.15) is 29.8 Å². The molecule has 1 aliphatic rings. The fourth-order valence-corrected chi connectivity index (χ4v) is 4.10. The quantitative estimate of drug-likeness (QED) is 0.361. The summed E-state index contributed by atoms with van der Waals surface area (Å²) in [5.41, 5.74) is 0.0873. The second-order valence-electron chi connectivity index (χ2n) is 11.5. The highest BCUT2D eigenvalue weighted by Gasteiger charge is 2.42. The van der Waals surface area contributed by atoms with Gasteiger partial charge in [-0.2, -0.15) is 0 Å². The molecule has 1 fully saturated rings. The number of carbonyl (C=O) groups is 5. The highest BCUT2D eigenvalue weighted by atomic mass is 16.6. The van der Waals surface area contributed by atoms with Crippen LogP contribution in [0, 0.1) is 0 Å². The van der Waals surface area contributed by atoms with Crippen LogP contribution < -0.4 is 5.32 Å². The van der Waals surface area contributed by atoms with Gasteiger partial charge in [-0.3, -0.25) is 19.2 Å². The first-order chi connectivity index (χ1) is 18.5. The number of methoxy groups -OCH3 is 1. The highest BCUT2D eigenvalue weighted by molar-refractivity contribution is 5.95. The molecule has 0 spiro atoms. The van der Waals surface area contributed by atoms with Gasteiger partial charge < -0.3 is 29.3 Å². The molecule has 0 aromatic heterocycles. The molecule has 0 saturated carbocycles. The fourth-order valence-electron chi connectivity index (χ4n) is 4.10. The normalized spacial score (nSPS) is 16.6. The summed E-state index contributed by atoms with van der Waals surface area (Å²) >= 11 is 0. The molecule has 0 bridgehead atoms. The molecule has 1 saturated heterocycles. The number of nitrogens with zero attached hydrogens (tertiary/aromatic N) is 2. The van der Waals surface area contributed by atoms with Crippen LogP contribution in [0.1, 0.15) is 59.1 Å². The molecule has 1 aromatic rings. The lowest BCUT2D eigenvalue weighted by atomic mass is 10.0. The molecule has 40 heavy (non-hydrogen) atoms. The Kier molecular flexibility index (Phi) is 10.9. The van der Waals surface area contributed by atoms with Crippen molar-refractivity contribution in [2.24, 2.45) is 0 Å². The number of benzene rings is 1. The van der Waals surface area contributed by atoms with Gasteiger partial charge in [-0.1, -0.05) is 36.9 Å². The molecule has 1 aromatic carbocycles. The second kappa shape index (κ2) is 13.5. The van der Waals surface area contributed by atoms with Crippen LogP contribution >= 0.6 is 0 Å². The summed E-state index contributed by atoms with van der Waals surface area (Å²) in [6.07, 6.45) is 0.574. The summed E-state index contributed by atoms with van der Waals surface area (Å²) in [5.74, 6) is -2.48. The minimum Gasteiger partial charge on any atom is -0.469 e. The van der Waals surface area contributed by atoms with Gasteiger partial charge >= 0.3 is 18.0 Å². The zero-order chi connectivity index (χ0) is 30.3. The SMILES string of the molecule is C=Cc1ccc(C[C@H](NC(=O)OC(C)(C)C)C(=O)N2CCN(CC(=O)OC(C)(C)C)C(=O)C2CC(=O)OC)cc1. The van der Waals surface area contributed by atoms with E-state index in [9.17, 15) is 24.0 Å². The Hall–Kier alpha value is -3.89. The van der Waals surface area contributed by atoms with Crippen molar-refractivity contribution in [1.82, 2.24) is 15.1 Å². The van der Waals surface area contributed by atoms with Crippen molar-refractivity contribution in [2.75, 3.05) is 26.7 Å². The molecule has 11 nitrogen and oxygen atoms in total. The van der Waals surface area contributed by atoms with Gasteiger partial charge in [0.25, 0.3) is 0 Å². The molecular weight excluding hydrogens is 518 g/mol. The van der Waals surface area contributed by atoms with E-state index in [0.717, 1.165) is 11.1 Å². The van der Waals surface area contributed by atoms with Crippen molar-refractivity contribution in [3.8, 4) is 0 Å². The van der Waals surface area contributed by atoms with Crippen molar-refractivity contribution >= 4 is 35.9 Å². The Morgan fingerprint density at radius 3 is 2.12 bits per heavy atom. The number of hydrogen-bond acceptors (Lipinski definition) is 8. The maximum absolute atomic E-state index is 13.9. The first kappa shape index (κ1) is 32.3. The molecular formula is C29H41N3O8. The van der Waals surface area contributed by atoms with E-state index in [1.54, 1.807) is 47.6 Å². The van der Waals surface area contributed by atoms with Crippen LogP contribution in [0.2, 0.25) is 0 Å². The first-order valence-corrected chi connectivity index (χ1v) is 13.1. The number of rotatable bonds is 9. The van der Waals surface area contributed by atoms with Crippen LogP contribution in [-0.2, 0) is 39.8 Å². The summed E-state index contributed by atoms with van der Waals surface area (Å²) in [4.78, 5) is 67.2. The standard InChI is InChI=1S/C29H41N3O8/c1-9-19-10-12-20(13-11-19)16-21(30-27(37)40-29(5,6)7)25(35)32-15-14-31(18-24(34)39-28(2,3)4)26(36)22(32)17-23(33)38-8/h9-13,21-22H,1,14-18H2,2-8H3,(H,30,37)/t21-,22?/m0/s1. The van der Waals surface area contributed by atoms with Crippen molar-refractivity contribution in [1.29, 1.82) is 0 Å². The zero-order valence-corrected chi connectivity index (χ0v) is 24.4. The second-order valence-corrected chi connectivity index (χ2v) is 11.5. The number of ether oxygens (including phenoxy) is 3. The van der Waals surface area contributed by atoms with Crippen LogP contribution in [-0.4, -0.2) is 89.7 Å². The lowest BCUT2D eigenvalue weighted by Gasteiger charge is -2.41. The van der Waals surface area contributed by atoms with E-state index in [1.165, 1.54) is 16.9 Å². The third-order valence-corrected chi connectivity index (χ3v) is 5.84. The molecule has 11 heteroatoms. The van der Waals surface area contributed by atoms with E-state index in [1.807, 2.05) is 24.3 Å². The van der Waals surface area contributed by atoms with E-state index in [2.05, 4.69) is 11.9 Å². The van der Waals surface area contributed by atoms with E-state index in [-0.39, 0.29) is 26.1 Å². The van der Waals surface area contributed by atoms with Crippen LogP contribution in [0.25, 0.3) is 6.08 Å². The maximum Gasteiger partial charge on any atom is 0.408 e. The number of esters is 2. The Balaban J connectivity index is 2.34. The lowest BCUT2D eigenvalue weighted by Crippen LogP contribution is -2.63. The van der Waals surface area contributed by atoms with E-state index < -0.39 is 59.6 Å². The minimum absolute atomic E-state index is 0.0247. The summed E-state index contributed by atoms with van der Waals surface area (Å²) < 4.78 is 15.5. The van der Waals surface area contributed by atoms with Gasteiger partial charge in [0.15, 0.2) is 0 Å². The average molecular weight is 560 g/mol. The van der Waals surface area contributed by atoms with Gasteiger partial charge in [-0.05, 0) is 52.7 Å². The number of amides is 3. The van der Waals surface area contributed by atoms with Crippen LogP contribution in [0.5, 0.6) is 0 Å². The molecule has 0 aliphatic carbocycles. The van der Waals surface area contributed by atoms with Crippen LogP contribution in [0.3, 0.4) is 0 Å². The Morgan fingerprint density at radius 2 is 1.60 bits per heavy atom. The fraction of sp³-hybridized carbons (Fsp3) is 0.552. The van der Waals surface area contributed by atoms with Crippen molar-refractivity contribution < 1.29 is 38.2 Å². The summed E-state index contributed by atoms with van der Waals surface area (Å²) in [7, 11) is 1.18. The molecule has 220 valence electrons. The van der Waals surface area contributed by atoms with Crippen molar-refractivity contribution in [2.45, 2.75) is 77.7 Å². The zero-order valence-electron chi connectivity index (χ0n) is 24.4. The number of piperazine rings is 1. The predicted molar refractivity (Wildman–Crippen MR) is 148 cm³/mol.